The molecule has 1 unspecified atom stereocenters. The standard InChI is InChI=1S/C12H26O2/c1-3-5-7-12(4-2)8-11-14-10-6-9-13/h12-13H,3-11H2,1-2H3. The molecular weight excluding hydrogens is 176 g/mol. The molecule has 0 aromatic heterocycles. The summed E-state index contributed by atoms with van der Waals surface area (Å²) in [5, 5.41) is 8.56. The van der Waals surface area contributed by atoms with E-state index in [0.717, 1.165) is 18.9 Å². The second-order valence-electron chi connectivity index (χ2n) is 3.89. The highest BCUT2D eigenvalue weighted by molar-refractivity contribution is 4.56. The predicted molar refractivity (Wildman–Crippen MR) is 60.4 cm³/mol. The first kappa shape index (κ1) is 13.9. The van der Waals surface area contributed by atoms with E-state index in [4.69, 9.17) is 9.84 Å². The third kappa shape index (κ3) is 8.52. The van der Waals surface area contributed by atoms with Crippen molar-refractivity contribution in [2.24, 2.45) is 5.92 Å². The van der Waals surface area contributed by atoms with Gasteiger partial charge in [0.15, 0.2) is 0 Å². The van der Waals surface area contributed by atoms with E-state index in [0.29, 0.717) is 6.61 Å². The quantitative estimate of drug-likeness (QED) is 0.552. The number of rotatable bonds is 10. The SMILES string of the molecule is CCCCC(CC)CCOCCCO. The monoisotopic (exact) mass is 202 g/mol. The molecule has 0 aliphatic carbocycles. The van der Waals surface area contributed by atoms with Gasteiger partial charge in [-0.05, 0) is 18.8 Å². The van der Waals surface area contributed by atoms with E-state index in [1.807, 2.05) is 0 Å². The van der Waals surface area contributed by atoms with Crippen LogP contribution in [0.5, 0.6) is 0 Å². The van der Waals surface area contributed by atoms with Crippen LogP contribution in [0.15, 0.2) is 0 Å². The number of aliphatic hydroxyl groups excluding tert-OH is 1. The fourth-order valence-corrected chi connectivity index (χ4v) is 1.56. The molecule has 0 aliphatic heterocycles. The molecule has 0 saturated carbocycles. The highest BCUT2D eigenvalue weighted by Crippen LogP contribution is 2.16. The zero-order valence-corrected chi connectivity index (χ0v) is 9.80. The summed E-state index contributed by atoms with van der Waals surface area (Å²) in [5.41, 5.74) is 0. The van der Waals surface area contributed by atoms with Crippen molar-refractivity contribution in [2.75, 3.05) is 19.8 Å². The normalized spacial score (nSPS) is 13.1. The number of ether oxygens (including phenoxy) is 1. The minimum atomic E-state index is 0.243. The molecule has 2 heteroatoms. The van der Waals surface area contributed by atoms with Crippen molar-refractivity contribution in [1.29, 1.82) is 0 Å². The molecule has 0 saturated heterocycles. The van der Waals surface area contributed by atoms with Crippen molar-refractivity contribution < 1.29 is 9.84 Å². The minimum Gasteiger partial charge on any atom is -0.396 e. The van der Waals surface area contributed by atoms with Gasteiger partial charge >= 0.3 is 0 Å². The summed E-state index contributed by atoms with van der Waals surface area (Å²) in [6, 6.07) is 0. The first-order valence-electron chi connectivity index (χ1n) is 6.03. The van der Waals surface area contributed by atoms with Gasteiger partial charge < -0.3 is 9.84 Å². The molecule has 0 aliphatic rings. The molecule has 0 rings (SSSR count). The fourth-order valence-electron chi connectivity index (χ4n) is 1.56. The Labute approximate surface area is 88.7 Å². The summed E-state index contributed by atoms with van der Waals surface area (Å²) in [7, 11) is 0. The molecule has 0 bridgehead atoms. The van der Waals surface area contributed by atoms with Gasteiger partial charge in [0.1, 0.15) is 0 Å². The molecule has 0 aromatic rings. The molecule has 1 N–H and O–H groups in total. The largest absolute Gasteiger partial charge is 0.396 e. The molecule has 0 aromatic carbocycles. The maximum absolute atomic E-state index is 8.56. The van der Waals surface area contributed by atoms with Gasteiger partial charge in [-0.2, -0.15) is 0 Å². The zero-order chi connectivity index (χ0) is 10.6. The van der Waals surface area contributed by atoms with Crippen LogP contribution in [0.25, 0.3) is 0 Å². The highest BCUT2D eigenvalue weighted by Gasteiger charge is 2.04. The summed E-state index contributed by atoms with van der Waals surface area (Å²) in [5.74, 6) is 0.837. The lowest BCUT2D eigenvalue weighted by atomic mass is 9.96. The van der Waals surface area contributed by atoms with Gasteiger partial charge in [0.05, 0.1) is 0 Å². The van der Waals surface area contributed by atoms with Crippen LogP contribution in [0.4, 0.5) is 0 Å². The lowest BCUT2D eigenvalue weighted by Gasteiger charge is -2.13. The van der Waals surface area contributed by atoms with Crippen LogP contribution in [-0.4, -0.2) is 24.9 Å². The van der Waals surface area contributed by atoms with Crippen LogP contribution < -0.4 is 0 Å². The first-order chi connectivity index (χ1) is 6.85. The molecule has 1 atom stereocenters. The van der Waals surface area contributed by atoms with Gasteiger partial charge in [0.2, 0.25) is 0 Å². The van der Waals surface area contributed by atoms with Gasteiger partial charge in [-0.15, -0.1) is 0 Å². The van der Waals surface area contributed by atoms with E-state index in [1.54, 1.807) is 0 Å². The number of unbranched alkanes of at least 4 members (excludes halogenated alkanes) is 1. The Bertz CT molecular complexity index is 104. The molecule has 0 amide bonds. The average molecular weight is 202 g/mol. The van der Waals surface area contributed by atoms with Crippen molar-refractivity contribution in [2.45, 2.75) is 52.4 Å². The molecule has 0 spiro atoms. The molecule has 14 heavy (non-hydrogen) atoms. The Morgan fingerprint density at radius 2 is 1.86 bits per heavy atom. The van der Waals surface area contributed by atoms with E-state index < -0.39 is 0 Å². The molecule has 86 valence electrons. The van der Waals surface area contributed by atoms with Crippen LogP contribution in [-0.2, 0) is 4.74 Å². The Hall–Kier alpha value is -0.0800. The Morgan fingerprint density at radius 3 is 2.43 bits per heavy atom. The Kier molecular flexibility index (Phi) is 10.9. The second kappa shape index (κ2) is 11.0. The molecule has 0 heterocycles. The lowest BCUT2D eigenvalue weighted by molar-refractivity contribution is 0.103. The van der Waals surface area contributed by atoms with Crippen LogP contribution in [0, 0.1) is 5.92 Å². The zero-order valence-electron chi connectivity index (χ0n) is 9.80. The van der Waals surface area contributed by atoms with Gasteiger partial charge in [-0.25, -0.2) is 0 Å². The van der Waals surface area contributed by atoms with Crippen molar-refractivity contribution >= 4 is 0 Å². The summed E-state index contributed by atoms with van der Waals surface area (Å²) in [6.45, 7) is 6.31. The van der Waals surface area contributed by atoms with Crippen LogP contribution in [0.3, 0.4) is 0 Å². The lowest BCUT2D eigenvalue weighted by Crippen LogP contribution is -2.06. The number of aliphatic hydroxyl groups is 1. The maximum atomic E-state index is 8.56. The van der Waals surface area contributed by atoms with E-state index >= 15 is 0 Å². The minimum absolute atomic E-state index is 0.243. The smallest absolute Gasteiger partial charge is 0.0487 e. The van der Waals surface area contributed by atoms with Crippen molar-refractivity contribution in [1.82, 2.24) is 0 Å². The topological polar surface area (TPSA) is 29.5 Å². The number of hydrogen-bond acceptors (Lipinski definition) is 2. The predicted octanol–water partition coefficient (Wildman–Crippen LogP) is 2.99. The Balaban J connectivity index is 3.24. The molecule has 0 fully saturated rings. The van der Waals surface area contributed by atoms with E-state index in [-0.39, 0.29) is 6.61 Å². The van der Waals surface area contributed by atoms with Gasteiger partial charge in [0, 0.05) is 19.8 Å². The van der Waals surface area contributed by atoms with E-state index in [2.05, 4.69) is 13.8 Å². The highest BCUT2D eigenvalue weighted by atomic mass is 16.5. The fraction of sp³-hybridized carbons (Fsp3) is 1.00. The third-order valence-corrected chi connectivity index (χ3v) is 2.66. The summed E-state index contributed by atoms with van der Waals surface area (Å²) < 4.78 is 5.43. The van der Waals surface area contributed by atoms with Crippen LogP contribution in [0.2, 0.25) is 0 Å². The van der Waals surface area contributed by atoms with Gasteiger partial charge in [-0.3, -0.25) is 0 Å². The Morgan fingerprint density at radius 1 is 1.07 bits per heavy atom. The molecular formula is C12H26O2. The first-order valence-corrected chi connectivity index (χ1v) is 6.03. The van der Waals surface area contributed by atoms with Crippen molar-refractivity contribution in [3.63, 3.8) is 0 Å². The average Bonchev–Trinajstić information content (AvgIpc) is 2.22. The summed E-state index contributed by atoms with van der Waals surface area (Å²) in [4.78, 5) is 0. The molecule has 0 radical (unpaired) electrons. The number of hydrogen-bond donors (Lipinski definition) is 1. The third-order valence-electron chi connectivity index (χ3n) is 2.66. The van der Waals surface area contributed by atoms with Gasteiger partial charge in [-0.1, -0.05) is 39.5 Å². The second-order valence-corrected chi connectivity index (χ2v) is 3.89. The molecule has 2 nitrogen and oxygen atoms in total. The van der Waals surface area contributed by atoms with Crippen LogP contribution in [0.1, 0.15) is 52.4 Å². The van der Waals surface area contributed by atoms with E-state index in [9.17, 15) is 0 Å². The van der Waals surface area contributed by atoms with E-state index in [1.165, 1.54) is 32.1 Å². The summed E-state index contributed by atoms with van der Waals surface area (Å²) >= 11 is 0. The van der Waals surface area contributed by atoms with Crippen LogP contribution >= 0.6 is 0 Å². The van der Waals surface area contributed by atoms with Crippen molar-refractivity contribution in [3.05, 3.63) is 0 Å². The summed E-state index contributed by atoms with van der Waals surface area (Å²) in [6.07, 6.45) is 7.20. The van der Waals surface area contributed by atoms with Gasteiger partial charge in [0.25, 0.3) is 0 Å². The maximum Gasteiger partial charge on any atom is 0.0487 e. The van der Waals surface area contributed by atoms with Crippen molar-refractivity contribution in [3.8, 4) is 0 Å².